The van der Waals surface area contributed by atoms with Crippen molar-refractivity contribution in [1.29, 1.82) is 0 Å². The highest BCUT2D eigenvalue weighted by molar-refractivity contribution is 5.58. The molecule has 0 aromatic carbocycles. The van der Waals surface area contributed by atoms with Gasteiger partial charge in [0.1, 0.15) is 0 Å². The molecule has 26 heavy (non-hydrogen) atoms. The van der Waals surface area contributed by atoms with Gasteiger partial charge < -0.3 is 14.2 Å². The summed E-state index contributed by atoms with van der Waals surface area (Å²) in [6, 6.07) is 1.49. The molecule has 142 valence electrons. The van der Waals surface area contributed by atoms with Gasteiger partial charge in [-0.15, -0.1) is 0 Å². The number of ether oxygens (including phenoxy) is 1. The van der Waals surface area contributed by atoms with Crippen LogP contribution in [0.3, 0.4) is 0 Å². The van der Waals surface area contributed by atoms with Crippen LogP contribution < -0.4 is 5.56 Å². The van der Waals surface area contributed by atoms with Gasteiger partial charge in [-0.3, -0.25) is 9.69 Å². The molecule has 1 saturated heterocycles. The van der Waals surface area contributed by atoms with Crippen LogP contribution in [0.5, 0.6) is 0 Å². The van der Waals surface area contributed by atoms with Crippen molar-refractivity contribution in [3.63, 3.8) is 0 Å². The van der Waals surface area contributed by atoms with Crippen LogP contribution in [0.25, 0.3) is 11.4 Å². The van der Waals surface area contributed by atoms with Gasteiger partial charge in [-0.05, 0) is 18.4 Å². The molecule has 1 N–H and O–H groups in total. The Morgan fingerprint density at radius 3 is 2.73 bits per heavy atom. The average molecular weight is 372 g/mol. The Bertz CT molecular complexity index is 797. The summed E-state index contributed by atoms with van der Waals surface area (Å²) < 4.78 is 47.7. The standard InChI is InChI=1S/C16H19F3N4O3/c1-10(9-23-4-6-25-7-5-23)8-12-11(2-3-20-14(12)24)13-21-15(26-22-13)16(17,18)19/h2-3,10H,4-9H2,1H3,(H,20,24). The van der Waals surface area contributed by atoms with E-state index < -0.39 is 12.1 Å². The lowest BCUT2D eigenvalue weighted by molar-refractivity contribution is -0.159. The summed E-state index contributed by atoms with van der Waals surface area (Å²) in [6.07, 6.45) is -2.98. The number of hydrogen-bond donors (Lipinski definition) is 1. The number of nitrogens with zero attached hydrogens (tertiary/aromatic N) is 3. The molecule has 1 atom stereocenters. The highest BCUT2D eigenvalue weighted by atomic mass is 19.4. The molecular weight excluding hydrogens is 353 g/mol. The van der Waals surface area contributed by atoms with Crippen molar-refractivity contribution in [2.45, 2.75) is 19.5 Å². The van der Waals surface area contributed by atoms with Gasteiger partial charge in [0.25, 0.3) is 5.56 Å². The second kappa shape index (κ2) is 7.58. The van der Waals surface area contributed by atoms with Crippen LogP contribution in [0.2, 0.25) is 0 Å². The van der Waals surface area contributed by atoms with Crippen molar-refractivity contribution in [2.24, 2.45) is 5.92 Å². The van der Waals surface area contributed by atoms with E-state index in [0.29, 0.717) is 25.2 Å². The predicted octanol–water partition coefficient (Wildman–Crippen LogP) is 1.95. The van der Waals surface area contributed by atoms with Crippen LogP contribution in [0, 0.1) is 5.92 Å². The summed E-state index contributed by atoms with van der Waals surface area (Å²) in [6.45, 7) is 5.74. The fraction of sp³-hybridized carbons (Fsp3) is 0.562. The number of nitrogens with one attached hydrogen (secondary N) is 1. The fourth-order valence-electron chi connectivity index (χ4n) is 3.01. The van der Waals surface area contributed by atoms with Crippen LogP contribution in [-0.2, 0) is 17.3 Å². The van der Waals surface area contributed by atoms with E-state index in [0.717, 1.165) is 19.6 Å². The molecule has 2 aromatic rings. The van der Waals surface area contributed by atoms with E-state index in [2.05, 4.69) is 24.5 Å². The van der Waals surface area contributed by atoms with E-state index in [-0.39, 0.29) is 22.9 Å². The number of pyridine rings is 1. The number of alkyl halides is 3. The van der Waals surface area contributed by atoms with Crippen molar-refractivity contribution in [3.05, 3.63) is 34.1 Å². The lowest BCUT2D eigenvalue weighted by Gasteiger charge is -2.29. The van der Waals surface area contributed by atoms with E-state index in [1.165, 1.54) is 12.3 Å². The van der Waals surface area contributed by atoms with Crippen molar-refractivity contribution < 1.29 is 22.4 Å². The molecule has 0 radical (unpaired) electrons. The van der Waals surface area contributed by atoms with E-state index in [4.69, 9.17) is 4.74 Å². The van der Waals surface area contributed by atoms with Crippen molar-refractivity contribution >= 4 is 0 Å². The lowest BCUT2D eigenvalue weighted by atomic mass is 9.97. The third kappa shape index (κ3) is 4.31. The summed E-state index contributed by atoms with van der Waals surface area (Å²) in [5, 5.41) is 3.39. The molecule has 0 aliphatic carbocycles. The Balaban J connectivity index is 1.81. The molecule has 7 nitrogen and oxygen atoms in total. The molecule has 1 fully saturated rings. The maximum atomic E-state index is 12.7. The maximum absolute atomic E-state index is 12.7. The number of aromatic nitrogens is 3. The largest absolute Gasteiger partial charge is 0.471 e. The van der Waals surface area contributed by atoms with Gasteiger partial charge in [0.05, 0.1) is 13.2 Å². The first-order chi connectivity index (χ1) is 12.3. The van der Waals surface area contributed by atoms with Gasteiger partial charge in [-0.25, -0.2) is 0 Å². The zero-order valence-electron chi connectivity index (χ0n) is 14.2. The van der Waals surface area contributed by atoms with Crippen LogP contribution in [0.4, 0.5) is 13.2 Å². The third-order valence-electron chi connectivity index (χ3n) is 4.20. The fourth-order valence-corrected chi connectivity index (χ4v) is 3.01. The lowest BCUT2D eigenvalue weighted by Crippen LogP contribution is -2.39. The second-order valence-corrected chi connectivity index (χ2v) is 6.34. The van der Waals surface area contributed by atoms with Gasteiger partial charge in [0.2, 0.25) is 5.82 Å². The number of rotatable bonds is 5. The first-order valence-electron chi connectivity index (χ1n) is 8.26. The van der Waals surface area contributed by atoms with Gasteiger partial charge in [0, 0.05) is 37.0 Å². The molecule has 1 aliphatic rings. The highest BCUT2D eigenvalue weighted by Gasteiger charge is 2.38. The first-order valence-corrected chi connectivity index (χ1v) is 8.26. The molecular formula is C16H19F3N4O3. The number of halogens is 3. The molecule has 0 amide bonds. The number of aromatic amines is 1. The predicted molar refractivity (Wildman–Crippen MR) is 85.5 cm³/mol. The summed E-state index contributed by atoms with van der Waals surface area (Å²) >= 11 is 0. The molecule has 3 heterocycles. The number of morpholine rings is 1. The molecule has 0 spiro atoms. The summed E-state index contributed by atoms with van der Waals surface area (Å²) in [5.74, 6) is -1.55. The minimum Gasteiger partial charge on any atom is -0.379 e. The zero-order valence-corrected chi connectivity index (χ0v) is 14.2. The number of H-pyrrole nitrogens is 1. The smallest absolute Gasteiger partial charge is 0.379 e. The molecule has 0 saturated carbocycles. The summed E-state index contributed by atoms with van der Waals surface area (Å²) in [5.41, 5.74) is 0.235. The summed E-state index contributed by atoms with van der Waals surface area (Å²) in [7, 11) is 0. The van der Waals surface area contributed by atoms with Crippen LogP contribution in [0.1, 0.15) is 18.4 Å². The zero-order chi connectivity index (χ0) is 18.7. The molecule has 3 rings (SSSR count). The van der Waals surface area contributed by atoms with E-state index in [1.807, 2.05) is 6.92 Å². The van der Waals surface area contributed by atoms with Gasteiger partial charge in [-0.2, -0.15) is 18.2 Å². The molecule has 10 heteroatoms. The molecule has 0 bridgehead atoms. The van der Waals surface area contributed by atoms with Gasteiger partial charge in [-0.1, -0.05) is 12.1 Å². The highest BCUT2D eigenvalue weighted by Crippen LogP contribution is 2.30. The van der Waals surface area contributed by atoms with Crippen molar-refractivity contribution in [2.75, 3.05) is 32.8 Å². The maximum Gasteiger partial charge on any atom is 0.471 e. The molecule has 1 aliphatic heterocycles. The van der Waals surface area contributed by atoms with Gasteiger partial charge in [0.15, 0.2) is 0 Å². The van der Waals surface area contributed by atoms with Crippen molar-refractivity contribution in [3.8, 4) is 11.4 Å². The topological polar surface area (TPSA) is 84.2 Å². The van der Waals surface area contributed by atoms with Crippen LogP contribution in [0.15, 0.2) is 21.6 Å². The number of hydrogen-bond acceptors (Lipinski definition) is 6. The third-order valence-corrected chi connectivity index (χ3v) is 4.20. The van der Waals surface area contributed by atoms with Gasteiger partial charge >= 0.3 is 12.1 Å². The van der Waals surface area contributed by atoms with Crippen LogP contribution in [-0.4, -0.2) is 52.9 Å². The van der Waals surface area contributed by atoms with Crippen molar-refractivity contribution in [1.82, 2.24) is 20.0 Å². The SMILES string of the molecule is CC(Cc1c(-c2noc(C(F)(F)F)n2)cc[nH]c1=O)CN1CCOCC1. The Morgan fingerprint density at radius 2 is 2.08 bits per heavy atom. The monoisotopic (exact) mass is 372 g/mol. The van der Waals surface area contributed by atoms with E-state index in [1.54, 1.807) is 0 Å². The summed E-state index contributed by atoms with van der Waals surface area (Å²) in [4.78, 5) is 20.4. The Hall–Kier alpha value is -2.20. The quantitative estimate of drug-likeness (QED) is 0.864. The first kappa shape index (κ1) is 18.6. The van der Waals surface area contributed by atoms with Crippen LogP contribution >= 0.6 is 0 Å². The average Bonchev–Trinajstić information content (AvgIpc) is 3.08. The Labute approximate surface area is 147 Å². The molecule has 1 unspecified atom stereocenters. The molecule has 2 aromatic heterocycles. The Kier molecular flexibility index (Phi) is 5.42. The second-order valence-electron chi connectivity index (χ2n) is 6.34. The minimum absolute atomic E-state index is 0.115. The van der Waals surface area contributed by atoms with E-state index in [9.17, 15) is 18.0 Å². The minimum atomic E-state index is -4.73. The van der Waals surface area contributed by atoms with E-state index >= 15 is 0 Å². The normalized spacial score (nSPS) is 17.4. The Morgan fingerprint density at radius 1 is 1.35 bits per heavy atom.